The topological polar surface area (TPSA) is 75.7 Å². The van der Waals surface area contributed by atoms with E-state index in [1.54, 1.807) is 19.1 Å². The molecule has 0 aliphatic carbocycles. The van der Waals surface area contributed by atoms with Gasteiger partial charge in [-0.25, -0.2) is 8.42 Å². The van der Waals surface area contributed by atoms with Crippen LogP contribution in [0, 0.1) is 6.92 Å². The van der Waals surface area contributed by atoms with Crippen molar-refractivity contribution >= 4 is 15.9 Å². The third kappa shape index (κ3) is 4.43. The van der Waals surface area contributed by atoms with Crippen molar-refractivity contribution in [1.29, 1.82) is 0 Å². The van der Waals surface area contributed by atoms with E-state index in [1.807, 2.05) is 37.3 Å². The van der Waals surface area contributed by atoms with Gasteiger partial charge in [-0.2, -0.15) is 4.31 Å². The van der Waals surface area contributed by atoms with Gasteiger partial charge in [0.2, 0.25) is 10.0 Å². The molecule has 0 unspecified atom stereocenters. The van der Waals surface area contributed by atoms with E-state index in [0.717, 1.165) is 12.0 Å². The minimum atomic E-state index is -3.66. The number of aryl methyl sites for hydroxylation is 1. The van der Waals surface area contributed by atoms with Crippen LogP contribution in [0.25, 0.3) is 0 Å². The van der Waals surface area contributed by atoms with Gasteiger partial charge in [-0.15, -0.1) is 0 Å². The molecule has 0 radical (unpaired) electrons. The van der Waals surface area contributed by atoms with Gasteiger partial charge in [0.15, 0.2) is 0 Å². The molecule has 1 saturated heterocycles. The summed E-state index contributed by atoms with van der Waals surface area (Å²) in [7, 11) is -3.66. The number of benzene rings is 2. The number of nitrogens with zero attached hydrogens (tertiary/aromatic N) is 1. The van der Waals surface area contributed by atoms with Crippen LogP contribution >= 0.6 is 0 Å². The molecule has 1 aliphatic rings. The standard InChI is InChI=1S/C21H26N2O4S/c1-3-19(17-7-5-4-6-8-17)22-21(24)18-10-9-16(2)20(15-18)28(25,26)23-11-13-27-14-12-23/h4-10,15,19H,3,11-14H2,1-2H3,(H,22,24)/t19-/m1/s1. The maximum Gasteiger partial charge on any atom is 0.251 e. The van der Waals surface area contributed by atoms with Crippen LogP contribution in [0.2, 0.25) is 0 Å². The third-order valence-corrected chi connectivity index (χ3v) is 6.99. The smallest absolute Gasteiger partial charge is 0.251 e. The van der Waals surface area contributed by atoms with Crippen LogP contribution in [0.1, 0.15) is 40.9 Å². The second-order valence-corrected chi connectivity index (χ2v) is 8.75. The first-order valence-corrected chi connectivity index (χ1v) is 10.9. The van der Waals surface area contributed by atoms with Gasteiger partial charge in [-0.3, -0.25) is 4.79 Å². The Labute approximate surface area is 166 Å². The molecule has 6 nitrogen and oxygen atoms in total. The van der Waals surface area contributed by atoms with Gasteiger partial charge in [0.05, 0.1) is 24.2 Å². The van der Waals surface area contributed by atoms with Crippen LogP contribution in [-0.2, 0) is 14.8 Å². The zero-order chi connectivity index (χ0) is 20.1. The van der Waals surface area contributed by atoms with Gasteiger partial charge >= 0.3 is 0 Å². The molecule has 1 amide bonds. The number of rotatable bonds is 6. The Bertz CT molecular complexity index is 923. The third-order valence-electron chi connectivity index (χ3n) is 4.95. The predicted molar refractivity (Wildman–Crippen MR) is 108 cm³/mol. The Kier molecular flexibility index (Phi) is 6.49. The van der Waals surface area contributed by atoms with E-state index in [9.17, 15) is 13.2 Å². The summed E-state index contributed by atoms with van der Waals surface area (Å²) in [6.45, 7) is 5.16. The average molecular weight is 403 g/mol. The minimum Gasteiger partial charge on any atom is -0.379 e. The highest BCUT2D eigenvalue weighted by atomic mass is 32.2. The molecule has 0 saturated carbocycles. The lowest BCUT2D eigenvalue weighted by Gasteiger charge is -2.27. The fourth-order valence-corrected chi connectivity index (χ4v) is 4.95. The van der Waals surface area contributed by atoms with E-state index < -0.39 is 10.0 Å². The summed E-state index contributed by atoms with van der Waals surface area (Å²) >= 11 is 0. The van der Waals surface area contributed by atoms with E-state index in [1.165, 1.54) is 10.4 Å². The van der Waals surface area contributed by atoms with Crippen molar-refractivity contribution in [3.63, 3.8) is 0 Å². The van der Waals surface area contributed by atoms with Gasteiger partial charge in [0, 0.05) is 18.7 Å². The maximum absolute atomic E-state index is 13.0. The van der Waals surface area contributed by atoms with Crippen molar-refractivity contribution in [2.45, 2.75) is 31.2 Å². The molecule has 1 atom stereocenters. The monoisotopic (exact) mass is 402 g/mol. The van der Waals surface area contributed by atoms with Gasteiger partial charge in [-0.05, 0) is 36.6 Å². The van der Waals surface area contributed by atoms with Gasteiger partial charge < -0.3 is 10.1 Å². The SMILES string of the molecule is CC[C@@H](NC(=O)c1ccc(C)c(S(=O)(=O)N2CCOCC2)c1)c1ccccc1. The van der Waals surface area contributed by atoms with Crippen molar-refractivity contribution in [3.05, 3.63) is 65.2 Å². The molecule has 0 aromatic heterocycles. The van der Waals surface area contributed by atoms with E-state index in [0.29, 0.717) is 37.4 Å². The minimum absolute atomic E-state index is 0.130. The molecule has 1 N–H and O–H groups in total. The largest absolute Gasteiger partial charge is 0.379 e. The van der Waals surface area contributed by atoms with Crippen LogP contribution in [0.3, 0.4) is 0 Å². The number of carbonyl (C=O) groups is 1. The molecule has 2 aromatic carbocycles. The fourth-order valence-electron chi connectivity index (χ4n) is 3.29. The lowest BCUT2D eigenvalue weighted by atomic mass is 10.0. The van der Waals surface area contributed by atoms with Crippen LogP contribution in [0.4, 0.5) is 0 Å². The average Bonchev–Trinajstić information content (AvgIpc) is 2.73. The quantitative estimate of drug-likeness (QED) is 0.806. The van der Waals surface area contributed by atoms with Crippen LogP contribution < -0.4 is 5.32 Å². The summed E-state index contributed by atoms with van der Waals surface area (Å²) in [5.74, 6) is -0.283. The summed E-state index contributed by atoms with van der Waals surface area (Å²) in [5, 5.41) is 3.01. The van der Waals surface area contributed by atoms with E-state index in [4.69, 9.17) is 4.74 Å². The molecule has 150 valence electrons. The Hall–Kier alpha value is -2.22. The highest BCUT2D eigenvalue weighted by Gasteiger charge is 2.28. The summed E-state index contributed by atoms with van der Waals surface area (Å²) in [5.41, 5.74) is 1.98. The number of sulfonamides is 1. The number of amides is 1. The number of hydrogen-bond acceptors (Lipinski definition) is 4. The first-order chi connectivity index (χ1) is 13.4. The molecule has 0 spiro atoms. The van der Waals surface area contributed by atoms with Crippen molar-refractivity contribution in [2.75, 3.05) is 26.3 Å². The Morgan fingerprint density at radius 3 is 2.46 bits per heavy atom. The Morgan fingerprint density at radius 1 is 1.14 bits per heavy atom. The van der Waals surface area contributed by atoms with Crippen molar-refractivity contribution < 1.29 is 17.9 Å². The lowest BCUT2D eigenvalue weighted by molar-refractivity contribution is 0.0730. The Balaban J connectivity index is 1.85. The second-order valence-electron chi connectivity index (χ2n) is 6.84. The maximum atomic E-state index is 13.0. The van der Waals surface area contributed by atoms with Crippen LogP contribution in [0.15, 0.2) is 53.4 Å². The van der Waals surface area contributed by atoms with Crippen molar-refractivity contribution in [2.24, 2.45) is 0 Å². The number of ether oxygens (including phenoxy) is 1. The number of carbonyl (C=O) groups excluding carboxylic acids is 1. The van der Waals surface area contributed by atoms with Crippen molar-refractivity contribution in [3.8, 4) is 0 Å². The van der Waals surface area contributed by atoms with Crippen molar-refractivity contribution in [1.82, 2.24) is 9.62 Å². The lowest BCUT2D eigenvalue weighted by Crippen LogP contribution is -2.41. The number of nitrogens with one attached hydrogen (secondary N) is 1. The molecule has 7 heteroatoms. The second kappa shape index (κ2) is 8.86. The zero-order valence-electron chi connectivity index (χ0n) is 16.2. The molecule has 1 fully saturated rings. The fraction of sp³-hybridized carbons (Fsp3) is 0.381. The summed E-state index contributed by atoms with van der Waals surface area (Å²) in [4.78, 5) is 13.0. The zero-order valence-corrected chi connectivity index (χ0v) is 17.0. The van der Waals surface area contributed by atoms with E-state index >= 15 is 0 Å². The first kappa shape index (κ1) is 20.5. The summed E-state index contributed by atoms with van der Waals surface area (Å²) in [6, 6.07) is 14.4. The first-order valence-electron chi connectivity index (χ1n) is 9.48. The molecule has 1 heterocycles. The van der Waals surface area contributed by atoms with Gasteiger partial charge in [0.25, 0.3) is 5.91 Å². The summed E-state index contributed by atoms with van der Waals surface area (Å²) in [6.07, 6.45) is 0.737. The molecular weight excluding hydrogens is 376 g/mol. The molecule has 28 heavy (non-hydrogen) atoms. The normalized spacial score (nSPS) is 16.5. The highest BCUT2D eigenvalue weighted by Crippen LogP contribution is 2.23. The molecule has 3 rings (SSSR count). The molecule has 2 aromatic rings. The molecular formula is C21H26N2O4S. The van der Waals surface area contributed by atoms with Crippen LogP contribution in [-0.4, -0.2) is 44.9 Å². The molecule has 1 aliphatic heterocycles. The highest BCUT2D eigenvalue weighted by molar-refractivity contribution is 7.89. The van der Waals surface area contributed by atoms with E-state index in [-0.39, 0.29) is 16.8 Å². The Morgan fingerprint density at radius 2 is 1.82 bits per heavy atom. The summed E-state index contributed by atoms with van der Waals surface area (Å²) < 4.78 is 32.7. The van der Waals surface area contributed by atoms with Gasteiger partial charge in [-0.1, -0.05) is 43.3 Å². The number of morpholine rings is 1. The molecule has 0 bridgehead atoms. The number of hydrogen-bond donors (Lipinski definition) is 1. The van der Waals surface area contributed by atoms with E-state index in [2.05, 4.69) is 5.32 Å². The van der Waals surface area contributed by atoms with Gasteiger partial charge in [0.1, 0.15) is 0 Å². The predicted octanol–water partition coefficient (Wildman–Crippen LogP) is 2.90. The van der Waals surface area contributed by atoms with Crippen LogP contribution in [0.5, 0.6) is 0 Å².